The minimum Gasteiger partial charge on any atom is -0.378 e. The Bertz CT molecular complexity index is 426. The molecule has 100 valence electrons. The highest BCUT2D eigenvalue weighted by Crippen LogP contribution is 2.11. The molecule has 0 saturated carbocycles. The molecule has 1 aromatic heterocycles. The third-order valence-corrected chi connectivity index (χ3v) is 2.98. The van der Waals surface area contributed by atoms with Crippen molar-refractivity contribution in [2.75, 3.05) is 44.3 Å². The summed E-state index contributed by atoms with van der Waals surface area (Å²) in [5.41, 5.74) is 0.847. The Morgan fingerprint density at radius 3 is 2.89 bits per heavy atom. The second-order valence-electron chi connectivity index (χ2n) is 4.23. The van der Waals surface area contributed by atoms with Gasteiger partial charge in [0.2, 0.25) is 0 Å². The lowest BCUT2D eigenvalue weighted by Gasteiger charge is -2.28. The van der Waals surface area contributed by atoms with Gasteiger partial charge < -0.3 is 15.0 Å². The zero-order valence-electron chi connectivity index (χ0n) is 10.8. The Kier molecular flexibility index (Phi) is 4.72. The molecule has 1 N–H and O–H groups in total. The van der Waals surface area contributed by atoms with Gasteiger partial charge in [0.25, 0.3) is 5.56 Å². The number of anilines is 1. The molecule has 6 nitrogen and oxygen atoms in total. The van der Waals surface area contributed by atoms with Gasteiger partial charge in [-0.3, -0.25) is 4.79 Å². The molecule has 2 rings (SSSR count). The third kappa shape index (κ3) is 3.30. The monoisotopic (exact) mass is 252 g/mol. The molecule has 6 heteroatoms. The second kappa shape index (κ2) is 6.51. The lowest BCUT2D eigenvalue weighted by molar-refractivity contribution is 0.122. The van der Waals surface area contributed by atoms with E-state index >= 15 is 0 Å². The number of ether oxygens (including phenoxy) is 1. The summed E-state index contributed by atoms with van der Waals surface area (Å²) in [7, 11) is 0. The Hall–Kier alpha value is -1.40. The molecule has 0 unspecified atom stereocenters. The molecule has 1 aliphatic heterocycles. The standard InChI is InChI=1S/C12H20N4O2/c1-2-13-3-4-16-12(17)9-11(10-14-16)15-5-7-18-8-6-15/h9-10,13H,2-8H2,1H3. The average molecular weight is 252 g/mol. The van der Waals surface area contributed by atoms with Crippen LogP contribution in [-0.4, -0.2) is 49.2 Å². The molecule has 0 aromatic carbocycles. The van der Waals surface area contributed by atoms with Gasteiger partial charge in [-0.25, -0.2) is 4.68 Å². The van der Waals surface area contributed by atoms with Crippen LogP contribution in [0.5, 0.6) is 0 Å². The maximum Gasteiger partial charge on any atom is 0.268 e. The van der Waals surface area contributed by atoms with Crippen LogP contribution in [-0.2, 0) is 11.3 Å². The highest BCUT2D eigenvalue weighted by atomic mass is 16.5. The first-order chi connectivity index (χ1) is 8.81. The van der Waals surface area contributed by atoms with Crippen LogP contribution < -0.4 is 15.8 Å². The fourth-order valence-electron chi connectivity index (χ4n) is 1.95. The molecule has 1 fully saturated rings. The highest BCUT2D eigenvalue weighted by Gasteiger charge is 2.12. The van der Waals surface area contributed by atoms with E-state index in [0.29, 0.717) is 19.8 Å². The highest BCUT2D eigenvalue weighted by molar-refractivity contribution is 5.43. The predicted octanol–water partition coefficient (Wildman–Crippen LogP) is -0.311. The van der Waals surface area contributed by atoms with E-state index in [0.717, 1.165) is 31.9 Å². The van der Waals surface area contributed by atoms with E-state index in [1.54, 1.807) is 12.3 Å². The van der Waals surface area contributed by atoms with E-state index in [9.17, 15) is 4.79 Å². The Labute approximate surface area is 107 Å². The fraction of sp³-hybridized carbons (Fsp3) is 0.667. The van der Waals surface area contributed by atoms with Crippen molar-refractivity contribution >= 4 is 5.69 Å². The number of likely N-dealkylation sites (N-methyl/N-ethyl adjacent to an activating group) is 1. The number of rotatable bonds is 5. The van der Waals surface area contributed by atoms with Gasteiger partial charge in [-0.2, -0.15) is 5.10 Å². The van der Waals surface area contributed by atoms with Crippen LogP contribution in [0.2, 0.25) is 0 Å². The number of morpholine rings is 1. The minimum absolute atomic E-state index is 0.0445. The molecule has 0 amide bonds. The summed E-state index contributed by atoms with van der Waals surface area (Å²) in [5, 5.41) is 7.38. The molecule has 0 bridgehead atoms. The number of hydrogen-bond acceptors (Lipinski definition) is 5. The first-order valence-corrected chi connectivity index (χ1v) is 6.42. The molecular formula is C12H20N4O2. The van der Waals surface area contributed by atoms with Gasteiger partial charge in [-0.1, -0.05) is 6.92 Å². The quantitative estimate of drug-likeness (QED) is 0.728. The first-order valence-electron chi connectivity index (χ1n) is 6.42. The van der Waals surface area contributed by atoms with Gasteiger partial charge in [-0.05, 0) is 6.54 Å². The van der Waals surface area contributed by atoms with E-state index in [-0.39, 0.29) is 5.56 Å². The molecule has 0 aliphatic carbocycles. The van der Waals surface area contributed by atoms with Gasteiger partial charge >= 0.3 is 0 Å². The van der Waals surface area contributed by atoms with Crippen molar-refractivity contribution in [3.63, 3.8) is 0 Å². The normalized spacial score (nSPS) is 15.9. The lowest BCUT2D eigenvalue weighted by atomic mass is 10.3. The summed E-state index contributed by atoms with van der Waals surface area (Å²) in [5.74, 6) is 0. The van der Waals surface area contributed by atoms with Crippen molar-refractivity contribution in [1.29, 1.82) is 0 Å². The zero-order valence-corrected chi connectivity index (χ0v) is 10.8. The van der Waals surface area contributed by atoms with Gasteiger partial charge in [0.1, 0.15) is 0 Å². The van der Waals surface area contributed by atoms with Crippen LogP contribution in [0.25, 0.3) is 0 Å². The van der Waals surface area contributed by atoms with Crippen molar-refractivity contribution in [1.82, 2.24) is 15.1 Å². The molecule has 0 atom stereocenters. The Balaban J connectivity index is 2.02. The van der Waals surface area contributed by atoms with Crippen molar-refractivity contribution in [2.24, 2.45) is 0 Å². The van der Waals surface area contributed by atoms with E-state index in [1.807, 2.05) is 6.92 Å². The fourth-order valence-corrected chi connectivity index (χ4v) is 1.95. The van der Waals surface area contributed by atoms with Crippen molar-refractivity contribution < 1.29 is 4.74 Å². The maximum absolute atomic E-state index is 11.9. The molecular weight excluding hydrogens is 232 g/mol. The topological polar surface area (TPSA) is 59.4 Å². The Morgan fingerprint density at radius 1 is 1.44 bits per heavy atom. The van der Waals surface area contributed by atoms with Gasteiger partial charge in [0.15, 0.2) is 0 Å². The predicted molar refractivity (Wildman–Crippen MR) is 70.1 cm³/mol. The van der Waals surface area contributed by atoms with E-state index < -0.39 is 0 Å². The van der Waals surface area contributed by atoms with Crippen LogP contribution in [0.4, 0.5) is 5.69 Å². The number of nitrogens with one attached hydrogen (secondary N) is 1. The number of hydrogen-bond donors (Lipinski definition) is 1. The Morgan fingerprint density at radius 2 is 2.22 bits per heavy atom. The molecule has 1 saturated heterocycles. The molecule has 18 heavy (non-hydrogen) atoms. The number of nitrogens with zero attached hydrogens (tertiary/aromatic N) is 3. The molecule has 1 aromatic rings. The summed E-state index contributed by atoms with van der Waals surface area (Å²) < 4.78 is 6.78. The van der Waals surface area contributed by atoms with Crippen molar-refractivity contribution in [3.8, 4) is 0 Å². The third-order valence-electron chi connectivity index (χ3n) is 2.98. The van der Waals surface area contributed by atoms with Crippen molar-refractivity contribution in [2.45, 2.75) is 13.5 Å². The largest absolute Gasteiger partial charge is 0.378 e. The minimum atomic E-state index is -0.0445. The summed E-state index contributed by atoms with van der Waals surface area (Å²) in [4.78, 5) is 14.0. The van der Waals surface area contributed by atoms with Crippen LogP contribution in [0.15, 0.2) is 17.1 Å². The maximum atomic E-state index is 11.9. The summed E-state index contributed by atoms with van der Waals surface area (Å²) in [6.45, 7) is 7.38. The summed E-state index contributed by atoms with van der Waals surface area (Å²) in [6, 6.07) is 1.66. The summed E-state index contributed by atoms with van der Waals surface area (Å²) in [6.07, 6.45) is 1.76. The molecule has 2 heterocycles. The second-order valence-corrected chi connectivity index (χ2v) is 4.23. The van der Waals surface area contributed by atoms with Gasteiger partial charge in [-0.15, -0.1) is 0 Å². The van der Waals surface area contributed by atoms with Crippen LogP contribution >= 0.6 is 0 Å². The summed E-state index contributed by atoms with van der Waals surface area (Å²) >= 11 is 0. The lowest BCUT2D eigenvalue weighted by Crippen LogP contribution is -2.37. The molecule has 1 aliphatic rings. The smallest absolute Gasteiger partial charge is 0.268 e. The van der Waals surface area contributed by atoms with Crippen LogP contribution in [0.3, 0.4) is 0 Å². The van der Waals surface area contributed by atoms with Crippen LogP contribution in [0, 0.1) is 0 Å². The van der Waals surface area contributed by atoms with Gasteiger partial charge in [0, 0.05) is 25.7 Å². The number of aromatic nitrogens is 2. The van der Waals surface area contributed by atoms with E-state index in [4.69, 9.17) is 4.74 Å². The zero-order chi connectivity index (χ0) is 12.8. The average Bonchev–Trinajstić information content (AvgIpc) is 2.42. The van der Waals surface area contributed by atoms with E-state index in [2.05, 4.69) is 15.3 Å². The van der Waals surface area contributed by atoms with Crippen LogP contribution in [0.1, 0.15) is 6.92 Å². The van der Waals surface area contributed by atoms with E-state index in [1.165, 1.54) is 4.68 Å². The first kappa shape index (κ1) is 13.0. The SMILES string of the molecule is CCNCCn1ncc(N2CCOCC2)cc1=O. The van der Waals surface area contributed by atoms with Gasteiger partial charge in [0.05, 0.1) is 31.6 Å². The molecule has 0 spiro atoms. The molecule has 0 radical (unpaired) electrons. The van der Waals surface area contributed by atoms with Crippen molar-refractivity contribution in [3.05, 3.63) is 22.6 Å².